The Balaban J connectivity index is -0.000000179. The molecule has 1 amide bonds. The van der Waals surface area contributed by atoms with Crippen LogP contribution in [0.3, 0.4) is 0 Å². The Kier molecular flexibility index (Phi) is 32.1. The maximum absolute atomic E-state index is 10.4. The third-order valence-electron chi connectivity index (χ3n) is 3.66. The second-order valence-corrected chi connectivity index (χ2v) is 7.39. The number of ketones is 1. The summed E-state index contributed by atoms with van der Waals surface area (Å²) < 4.78 is 5.16. The van der Waals surface area contributed by atoms with E-state index in [-0.39, 0.29) is 18.1 Å². The predicted octanol–water partition coefficient (Wildman–Crippen LogP) is 6.41. The lowest BCUT2D eigenvalue weighted by Gasteiger charge is -2.16. The number of carbonyl (C=O) groups excluding carboxylic acids is 3. The first kappa shape index (κ1) is 38.1. The minimum Gasteiger partial charge on any atom is -0.508 e. The van der Waals surface area contributed by atoms with Crippen LogP contribution in [0.1, 0.15) is 106 Å². The van der Waals surface area contributed by atoms with Gasteiger partial charge in [0.15, 0.2) is 6.29 Å². The molecule has 6 heteroatoms. The molecule has 1 aromatic carbocycles. The molecule has 0 spiro atoms. The molecule has 0 heterocycles. The molecular weight excluding hydrogens is 418 g/mol. The molecule has 0 aliphatic heterocycles. The zero-order chi connectivity index (χ0) is 26.7. The molecule has 33 heavy (non-hydrogen) atoms. The van der Waals surface area contributed by atoms with Gasteiger partial charge in [-0.15, -0.1) is 0 Å². The SMILES string of the molecule is CC.CC.CCCCCCC(C)=O.CCCOC(C)(C)C=O.NC(=O)Cc1ccc(O)cc1. The van der Waals surface area contributed by atoms with Gasteiger partial charge in [-0.05, 0) is 51.3 Å². The number of carbonyl (C=O) groups is 3. The molecule has 0 aromatic heterocycles. The second-order valence-electron chi connectivity index (χ2n) is 7.39. The van der Waals surface area contributed by atoms with E-state index >= 15 is 0 Å². The second kappa shape index (κ2) is 27.8. The summed E-state index contributed by atoms with van der Waals surface area (Å²) >= 11 is 0. The molecule has 1 rings (SSSR count). The average Bonchev–Trinajstić information content (AvgIpc) is 2.80. The number of aldehydes is 1. The first-order valence-corrected chi connectivity index (χ1v) is 12.2. The third-order valence-corrected chi connectivity index (χ3v) is 3.66. The fourth-order valence-corrected chi connectivity index (χ4v) is 2.01. The van der Waals surface area contributed by atoms with Crippen LogP contribution >= 0.6 is 0 Å². The topological polar surface area (TPSA) is 107 Å². The van der Waals surface area contributed by atoms with Crippen LogP contribution in [0.5, 0.6) is 5.75 Å². The van der Waals surface area contributed by atoms with Gasteiger partial charge in [-0.25, -0.2) is 0 Å². The molecule has 0 aliphatic rings. The Morgan fingerprint density at radius 2 is 1.48 bits per heavy atom. The smallest absolute Gasteiger partial charge is 0.221 e. The van der Waals surface area contributed by atoms with Gasteiger partial charge in [0, 0.05) is 13.0 Å². The van der Waals surface area contributed by atoms with Crippen molar-refractivity contribution < 1.29 is 24.2 Å². The van der Waals surface area contributed by atoms with E-state index in [1.807, 2.05) is 34.6 Å². The Morgan fingerprint density at radius 1 is 0.970 bits per heavy atom. The Labute approximate surface area is 203 Å². The number of phenols is 1. The van der Waals surface area contributed by atoms with Crippen molar-refractivity contribution in [1.29, 1.82) is 0 Å². The number of benzene rings is 1. The van der Waals surface area contributed by atoms with E-state index < -0.39 is 5.60 Å². The van der Waals surface area contributed by atoms with Crippen molar-refractivity contribution in [1.82, 2.24) is 0 Å². The van der Waals surface area contributed by atoms with Crippen molar-refractivity contribution in [3.8, 4) is 5.75 Å². The summed E-state index contributed by atoms with van der Waals surface area (Å²) in [5.41, 5.74) is 5.19. The van der Waals surface area contributed by atoms with Gasteiger partial charge in [0.2, 0.25) is 5.91 Å². The third kappa shape index (κ3) is 34.6. The van der Waals surface area contributed by atoms with E-state index in [4.69, 9.17) is 15.6 Å². The number of primary amides is 1. The number of ether oxygens (including phenoxy) is 1. The Hall–Kier alpha value is -2.21. The molecule has 0 bridgehead atoms. The van der Waals surface area contributed by atoms with E-state index in [9.17, 15) is 14.4 Å². The lowest BCUT2D eigenvalue weighted by Crippen LogP contribution is -2.26. The van der Waals surface area contributed by atoms with Crippen molar-refractivity contribution in [2.24, 2.45) is 5.73 Å². The van der Waals surface area contributed by atoms with Crippen LogP contribution in [-0.4, -0.2) is 35.3 Å². The number of nitrogens with two attached hydrogens (primary N) is 1. The highest BCUT2D eigenvalue weighted by molar-refractivity contribution is 5.76. The number of hydrogen-bond acceptors (Lipinski definition) is 5. The highest BCUT2D eigenvalue weighted by Gasteiger charge is 2.14. The van der Waals surface area contributed by atoms with Gasteiger partial charge in [0.05, 0.1) is 6.42 Å². The van der Waals surface area contributed by atoms with E-state index in [2.05, 4.69) is 6.92 Å². The molecule has 0 aliphatic carbocycles. The summed E-state index contributed by atoms with van der Waals surface area (Å²) in [5.74, 6) is 0.153. The van der Waals surface area contributed by atoms with Gasteiger partial charge in [-0.3, -0.25) is 4.79 Å². The van der Waals surface area contributed by atoms with Gasteiger partial charge in [0.1, 0.15) is 17.1 Å². The highest BCUT2D eigenvalue weighted by atomic mass is 16.5. The molecule has 194 valence electrons. The standard InChI is InChI=1S/C8H9NO2.C8H16O.C7H14O2.2C2H6/c9-8(11)5-6-1-3-7(10)4-2-6;1-3-4-5-6-7-8(2)9;1-4-5-9-7(2,3)6-8;2*1-2/h1-4,10H,5H2,(H2,9,11);3-7H2,1-2H3;6H,4-5H2,1-3H3;2*1-2H3. The largest absolute Gasteiger partial charge is 0.508 e. The average molecular weight is 470 g/mol. The van der Waals surface area contributed by atoms with E-state index in [0.717, 1.165) is 31.1 Å². The molecular formula is C27H51NO5. The molecule has 0 radical (unpaired) electrons. The first-order valence-electron chi connectivity index (χ1n) is 12.2. The summed E-state index contributed by atoms with van der Waals surface area (Å²) in [6.07, 6.45) is 7.60. The number of phenolic OH excluding ortho intramolecular Hbond substituents is 1. The first-order chi connectivity index (χ1) is 15.6. The minimum atomic E-state index is -0.587. The van der Waals surface area contributed by atoms with Crippen LogP contribution in [-0.2, 0) is 25.5 Å². The van der Waals surface area contributed by atoms with Crippen molar-refractivity contribution >= 4 is 18.0 Å². The van der Waals surface area contributed by atoms with Crippen molar-refractivity contribution in [2.75, 3.05) is 6.61 Å². The summed E-state index contributed by atoms with van der Waals surface area (Å²) in [6, 6.07) is 6.39. The lowest BCUT2D eigenvalue weighted by molar-refractivity contribution is -0.127. The van der Waals surface area contributed by atoms with Gasteiger partial charge >= 0.3 is 0 Å². The number of aromatic hydroxyl groups is 1. The molecule has 1 aromatic rings. The molecule has 0 saturated heterocycles. The number of rotatable bonds is 11. The number of hydrogen-bond donors (Lipinski definition) is 2. The van der Waals surface area contributed by atoms with Crippen LogP contribution in [0.25, 0.3) is 0 Å². The van der Waals surface area contributed by atoms with Gasteiger partial charge < -0.3 is 25.2 Å². The Bertz CT molecular complexity index is 568. The van der Waals surface area contributed by atoms with Crippen molar-refractivity contribution in [3.63, 3.8) is 0 Å². The zero-order valence-electron chi connectivity index (χ0n) is 22.7. The normalized spacial score (nSPS) is 9.24. The van der Waals surface area contributed by atoms with Gasteiger partial charge in [-0.1, -0.05) is 72.9 Å². The van der Waals surface area contributed by atoms with E-state index in [1.165, 1.54) is 31.4 Å². The maximum Gasteiger partial charge on any atom is 0.221 e. The highest BCUT2D eigenvalue weighted by Crippen LogP contribution is 2.09. The molecule has 0 atom stereocenters. The molecule has 3 N–H and O–H groups in total. The predicted molar refractivity (Wildman–Crippen MR) is 140 cm³/mol. The fourth-order valence-electron chi connectivity index (χ4n) is 2.01. The van der Waals surface area contributed by atoms with Crippen LogP contribution in [0.4, 0.5) is 0 Å². The van der Waals surface area contributed by atoms with Crippen LogP contribution < -0.4 is 5.73 Å². The van der Waals surface area contributed by atoms with Crippen molar-refractivity contribution in [3.05, 3.63) is 29.8 Å². The summed E-state index contributed by atoms with van der Waals surface area (Å²) in [5, 5.41) is 8.87. The summed E-state index contributed by atoms with van der Waals surface area (Å²) in [7, 11) is 0. The zero-order valence-corrected chi connectivity index (χ0v) is 22.7. The summed E-state index contributed by atoms with van der Waals surface area (Å²) in [6.45, 7) is 18.0. The monoisotopic (exact) mass is 469 g/mol. The summed E-state index contributed by atoms with van der Waals surface area (Å²) in [4.78, 5) is 31.0. The minimum absolute atomic E-state index is 0.193. The fraction of sp³-hybridized carbons (Fsp3) is 0.667. The van der Waals surface area contributed by atoms with E-state index in [1.54, 1.807) is 32.9 Å². The lowest BCUT2D eigenvalue weighted by atomic mass is 10.1. The van der Waals surface area contributed by atoms with Gasteiger partial charge in [0.25, 0.3) is 0 Å². The van der Waals surface area contributed by atoms with Crippen LogP contribution in [0.15, 0.2) is 24.3 Å². The number of unbranched alkanes of at least 4 members (excludes halogenated alkanes) is 3. The van der Waals surface area contributed by atoms with Crippen LogP contribution in [0.2, 0.25) is 0 Å². The Morgan fingerprint density at radius 3 is 1.85 bits per heavy atom. The quantitative estimate of drug-likeness (QED) is 0.288. The molecule has 0 saturated carbocycles. The number of Topliss-reactive ketones (excluding diaryl/α,β-unsaturated/α-hetero) is 1. The van der Waals surface area contributed by atoms with Gasteiger partial charge in [-0.2, -0.15) is 0 Å². The van der Waals surface area contributed by atoms with Crippen LogP contribution in [0, 0.1) is 0 Å². The van der Waals surface area contributed by atoms with E-state index in [0.29, 0.717) is 12.4 Å². The molecule has 6 nitrogen and oxygen atoms in total. The molecule has 0 fully saturated rings. The number of amides is 1. The van der Waals surface area contributed by atoms with Crippen molar-refractivity contribution in [2.45, 2.75) is 113 Å². The molecule has 0 unspecified atom stereocenters. The maximum atomic E-state index is 10.4.